The molecule has 0 radical (unpaired) electrons. The van der Waals surface area contributed by atoms with Crippen molar-refractivity contribution in [3.8, 4) is 0 Å². The zero-order valence-corrected chi connectivity index (χ0v) is 12.9. The molecule has 0 amide bonds. The molecule has 20 heavy (non-hydrogen) atoms. The summed E-state index contributed by atoms with van der Waals surface area (Å²) in [6.07, 6.45) is 10.4. The summed E-state index contributed by atoms with van der Waals surface area (Å²) in [5, 5.41) is 3.58. The van der Waals surface area contributed by atoms with Gasteiger partial charge in [0, 0.05) is 23.3 Å². The maximum absolute atomic E-state index is 4.83. The lowest BCUT2D eigenvalue weighted by Crippen LogP contribution is -2.21. The lowest BCUT2D eigenvalue weighted by Gasteiger charge is -2.21. The fourth-order valence-corrected chi connectivity index (χ4v) is 3.36. The Kier molecular flexibility index (Phi) is 4.35. The highest BCUT2D eigenvalue weighted by Gasteiger charge is 2.21. The molecule has 2 fully saturated rings. The maximum atomic E-state index is 4.83. The number of hydrogen-bond donors (Lipinski definition) is 1. The van der Waals surface area contributed by atoms with Gasteiger partial charge in [0.25, 0.3) is 0 Å². The summed E-state index contributed by atoms with van der Waals surface area (Å²) >= 11 is 0. The van der Waals surface area contributed by atoms with E-state index in [4.69, 9.17) is 9.97 Å². The van der Waals surface area contributed by atoms with Crippen molar-refractivity contribution in [3.05, 3.63) is 22.8 Å². The molecule has 1 aromatic rings. The highest BCUT2D eigenvalue weighted by atomic mass is 14.9. The Morgan fingerprint density at radius 1 is 0.950 bits per heavy atom. The molecule has 1 N–H and O–H groups in total. The molecule has 110 valence electrons. The van der Waals surface area contributed by atoms with Gasteiger partial charge in [-0.05, 0) is 58.1 Å². The van der Waals surface area contributed by atoms with E-state index in [1.165, 1.54) is 61.9 Å². The van der Waals surface area contributed by atoms with Crippen LogP contribution in [0.4, 0.5) is 0 Å². The van der Waals surface area contributed by atoms with Crippen LogP contribution in [0.25, 0.3) is 0 Å². The van der Waals surface area contributed by atoms with Gasteiger partial charge >= 0.3 is 0 Å². The molecular formula is C17H27N3. The molecule has 3 heteroatoms. The first-order valence-electron chi connectivity index (χ1n) is 8.31. The minimum absolute atomic E-state index is 0.611. The average molecular weight is 273 g/mol. The van der Waals surface area contributed by atoms with E-state index in [1.807, 2.05) is 0 Å². The summed E-state index contributed by atoms with van der Waals surface area (Å²) in [4.78, 5) is 9.66. The van der Waals surface area contributed by atoms with Gasteiger partial charge in [-0.3, -0.25) is 0 Å². The van der Waals surface area contributed by atoms with E-state index in [0.29, 0.717) is 5.92 Å². The van der Waals surface area contributed by atoms with Gasteiger partial charge in [0.2, 0.25) is 0 Å². The van der Waals surface area contributed by atoms with Crippen LogP contribution in [0.5, 0.6) is 0 Å². The molecule has 0 spiro atoms. The maximum Gasteiger partial charge on any atom is 0.131 e. The van der Waals surface area contributed by atoms with Gasteiger partial charge in [0.05, 0.1) is 0 Å². The first kappa shape index (κ1) is 14.0. The van der Waals surface area contributed by atoms with E-state index < -0.39 is 0 Å². The predicted octanol–water partition coefficient (Wildman–Crippen LogP) is 3.44. The normalized spacial score (nSPS) is 20.3. The third kappa shape index (κ3) is 3.38. The smallest absolute Gasteiger partial charge is 0.131 e. The largest absolute Gasteiger partial charge is 0.314 e. The van der Waals surface area contributed by atoms with Crippen LogP contribution in [-0.4, -0.2) is 22.6 Å². The number of nitrogens with one attached hydrogen (secondary N) is 1. The van der Waals surface area contributed by atoms with Crippen molar-refractivity contribution in [3.63, 3.8) is 0 Å². The molecule has 0 unspecified atom stereocenters. The van der Waals surface area contributed by atoms with Crippen LogP contribution in [0.1, 0.15) is 73.6 Å². The van der Waals surface area contributed by atoms with Crippen LogP contribution < -0.4 is 5.32 Å². The van der Waals surface area contributed by atoms with Gasteiger partial charge in [-0.2, -0.15) is 0 Å². The molecule has 0 atom stereocenters. The van der Waals surface area contributed by atoms with Gasteiger partial charge in [0.1, 0.15) is 5.82 Å². The minimum Gasteiger partial charge on any atom is -0.314 e. The molecule has 2 aliphatic rings. The number of aryl methyl sites for hydroxylation is 2. The second kappa shape index (κ2) is 6.21. The molecule has 0 bridgehead atoms. The van der Waals surface area contributed by atoms with Crippen LogP contribution in [0.2, 0.25) is 0 Å². The van der Waals surface area contributed by atoms with Crippen molar-refractivity contribution < 1.29 is 0 Å². The number of aromatic nitrogens is 2. The lowest BCUT2D eigenvalue weighted by atomic mass is 9.88. The third-order valence-electron chi connectivity index (χ3n) is 4.79. The summed E-state index contributed by atoms with van der Waals surface area (Å²) in [6.45, 7) is 5.39. The molecule has 3 rings (SSSR count). The van der Waals surface area contributed by atoms with Crippen molar-refractivity contribution in [2.75, 3.05) is 6.54 Å². The highest BCUT2D eigenvalue weighted by molar-refractivity contribution is 5.25. The fourth-order valence-electron chi connectivity index (χ4n) is 3.36. The molecule has 1 aromatic heterocycles. The van der Waals surface area contributed by atoms with Crippen LogP contribution >= 0.6 is 0 Å². The Morgan fingerprint density at radius 2 is 1.60 bits per heavy atom. The molecule has 0 saturated heterocycles. The Labute approximate surface area is 122 Å². The SMILES string of the molecule is Cc1nc(C2CCCCC2)nc(C)c1CCNC1CC1. The van der Waals surface area contributed by atoms with Crippen molar-refractivity contribution in [1.29, 1.82) is 0 Å². The molecular weight excluding hydrogens is 246 g/mol. The number of rotatable bonds is 5. The van der Waals surface area contributed by atoms with Gasteiger partial charge in [-0.25, -0.2) is 9.97 Å². The van der Waals surface area contributed by atoms with Crippen LogP contribution in [0.15, 0.2) is 0 Å². The summed E-state index contributed by atoms with van der Waals surface area (Å²) in [5.74, 6) is 1.72. The second-order valence-electron chi connectivity index (χ2n) is 6.54. The van der Waals surface area contributed by atoms with Crippen LogP contribution in [-0.2, 0) is 6.42 Å². The Balaban J connectivity index is 1.67. The van der Waals surface area contributed by atoms with Crippen molar-refractivity contribution >= 4 is 0 Å². The molecule has 3 nitrogen and oxygen atoms in total. The van der Waals surface area contributed by atoms with Crippen LogP contribution in [0.3, 0.4) is 0 Å². The van der Waals surface area contributed by atoms with Crippen molar-refractivity contribution in [1.82, 2.24) is 15.3 Å². The van der Waals surface area contributed by atoms with E-state index >= 15 is 0 Å². The zero-order valence-electron chi connectivity index (χ0n) is 12.9. The Hall–Kier alpha value is -0.960. The first-order chi connectivity index (χ1) is 9.74. The van der Waals surface area contributed by atoms with Gasteiger partial charge < -0.3 is 5.32 Å². The van der Waals surface area contributed by atoms with Gasteiger partial charge in [-0.15, -0.1) is 0 Å². The summed E-state index contributed by atoms with van der Waals surface area (Å²) in [6, 6.07) is 0.790. The predicted molar refractivity (Wildman–Crippen MR) is 82.1 cm³/mol. The standard InChI is InChI=1S/C17H27N3/c1-12-16(10-11-18-15-8-9-15)13(2)20-17(19-12)14-6-4-3-5-7-14/h14-15,18H,3-11H2,1-2H3. The van der Waals surface area contributed by atoms with E-state index in [0.717, 1.165) is 24.8 Å². The molecule has 0 aromatic carbocycles. The van der Waals surface area contributed by atoms with Crippen LogP contribution in [0, 0.1) is 13.8 Å². The second-order valence-corrected chi connectivity index (χ2v) is 6.54. The molecule has 2 aliphatic carbocycles. The summed E-state index contributed by atoms with van der Waals surface area (Å²) in [5.41, 5.74) is 3.77. The number of hydrogen-bond acceptors (Lipinski definition) is 3. The van der Waals surface area contributed by atoms with E-state index in [2.05, 4.69) is 19.2 Å². The van der Waals surface area contributed by atoms with E-state index in [-0.39, 0.29) is 0 Å². The highest BCUT2D eigenvalue weighted by Crippen LogP contribution is 2.31. The number of nitrogens with zero attached hydrogens (tertiary/aromatic N) is 2. The Bertz CT molecular complexity index is 436. The summed E-state index contributed by atoms with van der Waals surface area (Å²) < 4.78 is 0. The first-order valence-corrected chi connectivity index (χ1v) is 8.31. The molecule has 1 heterocycles. The Morgan fingerprint density at radius 3 is 2.20 bits per heavy atom. The van der Waals surface area contributed by atoms with Crippen molar-refractivity contribution in [2.45, 2.75) is 77.2 Å². The summed E-state index contributed by atoms with van der Waals surface area (Å²) in [7, 11) is 0. The quantitative estimate of drug-likeness (QED) is 0.893. The van der Waals surface area contributed by atoms with Crippen molar-refractivity contribution in [2.24, 2.45) is 0 Å². The van der Waals surface area contributed by atoms with E-state index in [9.17, 15) is 0 Å². The van der Waals surface area contributed by atoms with Gasteiger partial charge in [-0.1, -0.05) is 19.3 Å². The third-order valence-corrected chi connectivity index (χ3v) is 4.79. The minimum atomic E-state index is 0.611. The fraction of sp³-hybridized carbons (Fsp3) is 0.765. The van der Waals surface area contributed by atoms with Gasteiger partial charge in [0.15, 0.2) is 0 Å². The monoisotopic (exact) mass is 273 g/mol. The lowest BCUT2D eigenvalue weighted by molar-refractivity contribution is 0.427. The average Bonchev–Trinajstić information content (AvgIpc) is 3.27. The molecule has 0 aliphatic heterocycles. The molecule has 2 saturated carbocycles. The zero-order chi connectivity index (χ0) is 13.9. The van der Waals surface area contributed by atoms with E-state index in [1.54, 1.807) is 0 Å². The topological polar surface area (TPSA) is 37.8 Å².